The van der Waals surface area contributed by atoms with Gasteiger partial charge in [0.05, 0.1) is 24.6 Å². The van der Waals surface area contributed by atoms with Gasteiger partial charge < -0.3 is 19.9 Å². The lowest BCUT2D eigenvalue weighted by atomic mass is 10.1. The number of nitrogens with one attached hydrogen (secondary N) is 2. The first-order valence-electron chi connectivity index (χ1n) is 13.8. The van der Waals surface area contributed by atoms with Crippen LogP contribution < -0.4 is 26.2 Å². The van der Waals surface area contributed by atoms with E-state index in [2.05, 4.69) is 26.2 Å². The van der Waals surface area contributed by atoms with Crippen molar-refractivity contribution in [2.24, 2.45) is 0 Å². The molecule has 1 saturated heterocycles. The highest BCUT2D eigenvalue weighted by Crippen LogP contribution is 2.20. The molecule has 1 fully saturated rings. The molecule has 1 amide bonds. The number of aromatic amines is 1. The number of carbonyl (C=O) groups is 1. The van der Waals surface area contributed by atoms with Crippen LogP contribution in [0.4, 0.5) is 5.69 Å². The van der Waals surface area contributed by atoms with Gasteiger partial charge in [-0.05, 0) is 54.1 Å². The smallest absolute Gasteiger partial charge is 0.329 e. The molecule has 0 spiro atoms. The fourth-order valence-electron chi connectivity index (χ4n) is 4.78. The summed E-state index contributed by atoms with van der Waals surface area (Å²) in [5.74, 6) is 0.443. The maximum absolute atomic E-state index is 13.0. The number of methoxy groups -OCH3 is 1. The molecule has 2 heterocycles. The van der Waals surface area contributed by atoms with Crippen molar-refractivity contribution in [3.8, 4) is 5.75 Å². The van der Waals surface area contributed by atoms with Gasteiger partial charge in [0.1, 0.15) is 5.75 Å². The average Bonchev–Trinajstić information content (AvgIpc) is 3.00. The number of fused-ring (bicyclic) bond motifs is 1. The van der Waals surface area contributed by atoms with E-state index in [1.54, 1.807) is 37.4 Å². The molecule has 0 atom stereocenters. The number of rotatable bonds is 8. The number of anilines is 1. The molecular weight excluding hydrogens is 542 g/mol. The first-order chi connectivity index (χ1) is 19.9. The zero-order valence-electron chi connectivity index (χ0n) is 23.7. The zero-order valence-corrected chi connectivity index (χ0v) is 24.4. The lowest BCUT2D eigenvalue weighted by Gasteiger charge is -2.36. The maximum Gasteiger partial charge on any atom is 0.329 e. The predicted octanol–water partition coefficient (Wildman–Crippen LogP) is 3.98. The summed E-state index contributed by atoms with van der Waals surface area (Å²) in [6, 6.07) is 19.8. The Kier molecular flexibility index (Phi) is 10.2. The highest BCUT2D eigenvalue weighted by molar-refractivity contribution is 6.30. The molecule has 9 nitrogen and oxygen atoms in total. The van der Waals surface area contributed by atoms with Crippen LogP contribution in [0.1, 0.15) is 29.8 Å². The third-order valence-corrected chi connectivity index (χ3v) is 7.24. The van der Waals surface area contributed by atoms with Crippen LogP contribution in [-0.4, -0.2) is 66.7 Å². The number of nitrogens with zero attached hydrogens (tertiary/aromatic N) is 3. The van der Waals surface area contributed by atoms with Crippen molar-refractivity contribution < 1.29 is 9.53 Å². The molecule has 1 aromatic heterocycles. The SMILES string of the molecule is CC.COc1ccc(Cn2c(=O)[nH]c3cc(C(=O)NCCN4CCN(c5cccc(Cl)c5)CC4)ccc3c2=O)cc1. The molecule has 0 aliphatic carbocycles. The number of amides is 1. The van der Waals surface area contributed by atoms with Crippen molar-refractivity contribution in [1.82, 2.24) is 19.8 Å². The Morgan fingerprint density at radius 2 is 1.71 bits per heavy atom. The minimum atomic E-state index is -0.530. The van der Waals surface area contributed by atoms with Gasteiger partial charge in [-0.15, -0.1) is 0 Å². The summed E-state index contributed by atoms with van der Waals surface area (Å²) in [6.45, 7) is 8.92. The standard InChI is InChI=1S/C29H30ClN5O4.C2H6/c1-39-24-8-5-20(6-9-24)19-35-28(37)25-10-7-21(17-26(25)32-29(35)38)27(36)31-11-12-33-13-15-34(16-14-33)23-4-2-3-22(30)18-23;1-2/h2-10,17-18H,11-16,19H2,1H3,(H,31,36)(H,32,38);1-2H3. The van der Waals surface area contributed by atoms with Gasteiger partial charge in [0, 0.05) is 55.5 Å². The van der Waals surface area contributed by atoms with E-state index in [4.69, 9.17) is 16.3 Å². The van der Waals surface area contributed by atoms with Gasteiger partial charge in [-0.25, -0.2) is 4.79 Å². The summed E-state index contributed by atoms with van der Waals surface area (Å²) < 4.78 is 6.30. The van der Waals surface area contributed by atoms with Crippen LogP contribution >= 0.6 is 11.6 Å². The largest absolute Gasteiger partial charge is 0.497 e. The zero-order chi connectivity index (χ0) is 29.4. The molecule has 0 radical (unpaired) electrons. The Hall–Kier alpha value is -4.08. The second-order valence-corrected chi connectivity index (χ2v) is 9.93. The minimum absolute atomic E-state index is 0.129. The van der Waals surface area contributed by atoms with E-state index in [-0.39, 0.29) is 12.5 Å². The van der Waals surface area contributed by atoms with E-state index in [1.807, 2.05) is 44.2 Å². The fourth-order valence-corrected chi connectivity index (χ4v) is 4.97. The Labute approximate surface area is 244 Å². The summed E-state index contributed by atoms with van der Waals surface area (Å²) >= 11 is 6.12. The van der Waals surface area contributed by atoms with E-state index < -0.39 is 11.2 Å². The number of benzene rings is 3. The summed E-state index contributed by atoms with van der Waals surface area (Å²) in [5.41, 5.74) is 1.70. The second-order valence-electron chi connectivity index (χ2n) is 9.49. The van der Waals surface area contributed by atoms with Crippen molar-refractivity contribution in [2.75, 3.05) is 51.3 Å². The minimum Gasteiger partial charge on any atom is -0.497 e. The second kappa shape index (κ2) is 14.0. The molecule has 3 aromatic carbocycles. The molecule has 1 aliphatic heterocycles. The number of hydrogen-bond acceptors (Lipinski definition) is 6. The molecule has 0 bridgehead atoms. The summed E-state index contributed by atoms with van der Waals surface area (Å²) in [6.07, 6.45) is 0. The van der Waals surface area contributed by atoms with E-state index in [1.165, 1.54) is 0 Å². The molecule has 216 valence electrons. The Bertz CT molecular complexity index is 1590. The van der Waals surface area contributed by atoms with E-state index in [0.717, 1.165) is 53.6 Å². The Balaban J connectivity index is 0.00000189. The van der Waals surface area contributed by atoms with Gasteiger partial charge in [0.25, 0.3) is 11.5 Å². The number of halogens is 1. The van der Waals surface area contributed by atoms with E-state index in [9.17, 15) is 14.4 Å². The number of carbonyl (C=O) groups excluding carboxylic acids is 1. The molecule has 41 heavy (non-hydrogen) atoms. The Morgan fingerprint density at radius 1 is 0.976 bits per heavy atom. The molecule has 0 saturated carbocycles. The molecule has 1 aliphatic rings. The highest BCUT2D eigenvalue weighted by Gasteiger charge is 2.18. The van der Waals surface area contributed by atoms with E-state index >= 15 is 0 Å². The lowest BCUT2D eigenvalue weighted by Crippen LogP contribution is -2.48. The summed E-state index contributed by atoms with van der Waals surface area (Å²) in [7, 11) is 1.58. The predicted molar refractivity (Wildman–Crippen MR) is 165 cm³/mol. The van der Waals surface area contributed by atoms with Gasteiger partial charge >= 0.3 is 5.69 Å². The number of hydrogen-bond donors (Lipinski definition) is 2. The first kappa shape index (κ1) is 29.9. The highest BCUT2D eigenvalue weighted by atomic mass is 35.5. The number of ether oxygens (including phenoxy) is 1. The van der Waals surface area contributed by atoms with Crippen LogP contribution in [0.25, 0.3) is 10.9 Å². The van der Waals surface area contributed by atoms with Gasteiger partial charge in [-0.3, -0.25) is 19.1 Å². The third kappa shape index (κ3) is 7.36. The number of piperazine rings is 1. The monoisotopic (exact) mass is 577 g/mol. The molecular formula is C31H36ClN5O4. The molecule has 4 aromatic rings. The molecule has 10 heteroatoms. The average molecular weight is 578 g/mol. The summed E-state index contributed by atoms with van der Waals surface area (Å²) in [4.78, 5) is 45.9. The lowest BCUT2D eigenvalue weighted by molar-refractivity contribution is 0.0948. The van der Waals surface area contributed by atoms with Crippen LogP contribution in [0.15, 0.2) is 76.3 Å². The normalized spacial score (nSPS) is 13.4. The Morgan fingerprint density at radius 3 is 2.39 bits per heavy atom. The van der Waals surface area contributed by atoms with Gasteiger partial charge in [0.15, 0.2) is 0 Å². The fraction of sp³-hybridized carbons (Fsp3) is 0.323. The van der Waals surface area contributed by atoms with Crippen molar-refractivity contribution in [2.45, 2.75) is 20.4 Å². The third-order valence-electron chi connectivity index (χ3n) is 7.00. The molecule has 5 rings (SSSR count). The van der Waals surface area contributed by atoms with Gasteiger partial charge in [0.2, 0.25) is 0 Å². The van der Waals surface area contributed by atoms with Crippen molar-refractivity contribution in [3.05, 3.63) is 104 Å². The summed E-state index contributed by atoms with van der Waals surface area (Å²) in [5, 5.41) is 4.02. The number of aromatic nitrogens is 2. The van der Waals surface area contributed by atoms with Crippen molar-refractivity contribution >= 4 is 34.1 Å². The van der Waals surface area contributed by atoms with Crippen LogP contribution in [0, 0.1) is 0 Å². The van der Waals surface area contributed by atoms with E-state index in [0.29, 0.717) is 28.8 Å². The number of H-pyrrole nitrogens is 1. The van der Waals surface area contributed by atoms with Crippen molar-refractivity contribution in [1.29, 1.82) is 0 Å². The van der Waals surface area contributed by atoms with Crippen molar-refractivity contribution in [3.63, 3.8) is 0 Å². The molecule has 0 unspecified atom stereocenters. The van der Waals surface area contributed by atoms with Crippen LogP contribution in [0.5, 0.6) is 5.75 Å². The maximum atomic E-state index is 13.0. The quantitative estimate of drug-likeness (QED) is 0.329. The van der Waals surface area contributed by atoms with Gasteiger partial charge in [-0.2, -0.15) is 0 Å². The topological polar surface area (TPSA) is 99.7 Å². The van der Waals surface area contributed by atoms with Gasteiger partial charge in [-0.1, -0.05) is 43.6 Å². The van der Waals surface area contributed by atoms with Crippen LogP contribution in [0.3, 0.4) is 0 Å². The molecule has 2 N–H and O–H groups in total. The van der Waals surface area contributed by atoms with Crippen LogP contribution in [-0.2, 0) is 6.54 Å². The first-order valence-corrected chi connectivity index (χ1v) is 14.2. The van der Waals surface area contributed by atoms with Crippen LogP contribution in [0.2, 0.25) is 5.02 Å².